The van der Waals surface area contributed by atoms with Gasteiger partial charge in [0, 0.05) is 0 Å². The minimum absolute atomic E-state index is 0. The van der Waals surface area contributed by atoms with Crippen LogP contribution in [0.3, 0.4) is 0 Å². The van der Waals surface area contributed by atoms with Gasteiger partial charge in [0.25, 0.3) is 0 Å². The Morgan fingerprint density at radius 1 is 1.38 bits per heavy atom. The molecular formula is C2H8AuNO3S. The predicted octanol–water partition coefficient (Wildman–Crippen LogP) is -2.20. The molecule has 0 radical (unpaired) electrons. The molecule has 0 aromatic carbocycles. The van der Waals surface area contributed by atoms with Crippen LogP contribution in [0.2, 0.25) is 0 Å². The number of hydrogen-bond acceptors (Lipinski definition) is 3. The average Bonchev–Trinajstić information content (AvgIpc) is 1.33. The smallest absolute Gasteiger partial charge is 0.784 e. The van der Waals surface area contributed by atoms with E-state index in [1.54, 1.807) is 0 Å². The quantitative estimate of drug-likeness (QED) is 0.406. The van der Waals surface area contributed by atoms with Crippen molar-refractivity contribution in [3.8, 4) is 0 Å². The molecule has 0 aliphatic rings. The third-order valence-corrected chi connectivity index (χ3v) is 0. The molecule has 0 amide bonds. The number of nitrogens with two attached hydrogens (primary N) is 1. The Balaban J connectivity index is -0.0000000575. The van der Waals surface area contributed by atoms with Crippen LogP contribution in [0.15, 0.2) is 0 Å². The van der Waals surface area contributed by atoms with Crippen molar-refractivity contribution in [2.75, 3.05) is 14.1 Å². The Labute approximate surface area is 66.7 Å². The van der Waals surface area contributed by atoms with Gasteiger partial charge in [-0.15, -0.1) is 11.4 Å². The molecule has 0 saturated heterocycles. The van der Waals surface area contributed by atoms with Gasteiger partial charge < -0.3 is 14.4 Å². The first kappa shape index (κ1) is 15.9. The summed E-state index contributed by atoms with van der Waals surface area (Å²) in [5.41, 5.74) is 0. The molecule has 4 nitrogen and oxygen atoms in total. The van der Waals surface area contributed by atoms with E-state index < -0.39 is 11.4 Å². The van der Waals surface area contributed by atoms with Crippen LogP contribution >= 0.6 is 0 Å². The summed E-state index contributed by atoms with van der Waals surface area (Å²) in [7, 11) is 4.00. The summed E-state index contributed by atoms with van der Waals surface area (Å²) >= 11 is -3.11. The first-order chi connectivity index (χ1) is 3.15. The summed E-state index contributed by atoms with van der Waals surface area (Å²) in [4.78, 5) is 0. The Kier molecular flexibility index (Phi) is 31.1. The van der Waals surface area contributed by atoms with Gasteiger partial charge in [0.15, 0.2) is 0 Å². The SMILES string of the molecule is C[NH2+]C.O=S([O-])[O-].[Au+]. The Hall–Kier alpha value is 0.770. The molecule has 0 saturated carbocycles. The van der Waals surface area contributed by atoms with E-state index in [0.717, 1.165) is 0 Å². The molecule has 0 fully saturated rings. The zero-order chi connectivity index (χ0) is 6.28. The molecular weight excluding hydrogens is 315 g/mol. The van der Waals surface area contributed by atoms with Gasteiger partial charge in [0.1, 0.15) is 0 Å². The predicted molar refractivity (Wildman–Crippen MR) is 23.5 cm³/mol. The van der Waals surface area contributed by atoms with E-state index in [0.29, 0.717) is 0 Å². The fraction of sp³-hybridized carbons (Fsp3) is 1.00. The zero-order valence-electron chi connectivity index (χ0n) is 4.51. The molecule has 0 atom stereocenters. The minimum Gasteiger partial charge on any atom is -0.784 e. The van der Waals surface area contributed by atoms with E-state index in [9.17, 15) is 0 Å². The monoisotopic (exact) mass is 323 g/mol. The molecule has 0 aromatic rings. The van der Waals surface area contributed by atoms with E-state index in [-0.39, 0.29) is 22.4 Å². The summed E-state index contributed by atoms with van der Waals surface area (Å²) in [5.74, 6) is 0. The maximum absolute atomic E-state index is 8.44. The van der Waals surface area contributed by atoms with Crippen molar-refractivity contribution in [2.45, 2.75) is 0 Å². The summed E-state index contributed by atoms with van der Waals surface area (Å²) in [6, 6.07) is 0. The molecule has 56 valence electrons. The molecule has 0 aliphatic carbocycles. The first-order valence-electron chi connectivity index (χ1n) is 1.65. The second-order valence-corrected chi connectivity index (χ2v) is 1.19. The van der Waals surface area contributed by atoms with Crippen LogP contribution in [-0.2, 0) is 33.7 Å². The van der Waals surface area contributed by atoms with Gasteiger partial charge in [-0.3, -0.25) is 4.21 Å². The van der Waals surface area contributed by atoms with Crippen molar-refractivity contribution in [1.82, 2.24) is 0 Å². The molecule has 0 aliphatic heterocycles. The molecule has 2 N–H and O–H groups in total. The van der Waals surface area contributed by atoms with Crippen LogP contribution in [0.4, 0.5) is 0 Å². The molecule has 0 heterocycles. The van der Waals surface area contributed by atoms with Gasteiger partial charge in [0.05, 0.1) is 14.1 Å². The molecule has 0 aromatic heterocycles. The summed E-state index contributed by atoms with van der Waals surface area (Å²) in [6.07, 6.45) is 0. The second kappa shape index (κ2) is 15.7. The molecule has 0 unspecified atom stereocenters. The van der Waals surface area contributed by atoms with Crippen molar-refractivity contribution in [2.24, 2.45) is 0 Å². The molecule has 6 heteroatoms. The Morgan fingerprint density at radius 3 is 1.38 bits per heavy atom. The van der Waals surface area contributed by atoms with E-state index in [2.05, 4.69) is 0 Å². The van der Waals surface area contributed by atoms with Gasteiger partial charge in [0.2, 0.25) is 0 Å². The number of hydrogen-bond donors (Lipinski definition) is 1. The Morgan fingerprint density at radius 2 is 1.38 bits per heavy atom. The largest absolute Gasteiger partial charge is 1.00 e. The third-order valence-electron chi connectivity index (χ3n) is 0. The van der Waals surface area contributed by atoms with E-state index in [4.69, 9.17) is 13.3 Å². The third kappa shape index (κ3) is 380. The molecule has 0 rings (SSSR count). The Bertz CT molecular complexity index is 48.5. The van der Waals surface area contributed by atoms with Gasteiger partial charge in [-0.05, 0) is 0 Å². The van der Waals surface area contributed by atoms with Crippen molar-refractivity contribution in [3.63, 3.8) is 0 Å². The summed E-state index contributed by atoms with van der Waals surface area (Å²) in [5, 5.41) is 2.00. The molecule has 8 heavy (non-hydrogen) atoms. The zero-order valence-corrected chi connectivity index (χ0v) is 7.49. The number of quaternary nitrogens is 1. The number of rotatable bonds is 0. The fourth-order valence-corrected chi connectivity index (χ4v) is 0. The maximum Gasteiger partial charge on any atom is 1.00 e. The van der Waals surface area contributed by atoms with Crippen molar-refractivity contribution in [3.05, 3.63) is 0 Å². The average molecular weight is 323 g/mol. The van der Waals surface area contributed by atoms with Gasteiger partial charge >= 0.3 is 22.4 Å². The standard InChI is InChI=1S/C2H7N.Au.H2O3S/c1-3-2;;1-4(2)3/h3H,1-2H3;;(H2,1,2,3)/q;+1;/p-1. The van der Waals surface area contributed by atoms with Crippen LogP contribution in [0.25, 0.3) is 0 Å². The van der Waals surface area contributed by atoms with Crippen LogP contribution < -0.4 is 5.32 Å². The first-order valence-corrected chi connectivity index (χ1v) is 2.65. The van der Waals surface area contributed by atoms with E-state index in [1.165, 1.54) is 0 Å². The topological polar surface area (TPSA) is 79.8 Å². The van der Waals surface area contributed by atoms with Crippen LogP contribution in [0, 0.1) is 0 Å². The van der Waals surface area contributed by atoms with Crippen molar-refractivity contribution >= 4 is 11.4 Å². The van der Waals surface area contributed by atoms with Gasteiger partial charge in [-0.25, -0.2) is 0 Å². The molecule has 0 spiro atoms. The van der Waals surface area contributed by atoms with Crippen molar-refractivity contribution < 1.29 is 41.0 Å². The second-order valence-electron chi connectivity index (χ2n) is 0.781. The van der Waals surface area contributed by atoms with E-state index >= 15 is 0 Å². The van der Waals surface area contributed by atoms with Gasteiger partial charge in [-0.2, -0.15) is 0 Å². The van der Waals surface area contributed by atoms with Crippen LogP contribution in [-0.4, -0.2) is 27.4 Å². The molecule has 0 bridgehead atoms. The summed E-state index contributed by atoms with van der Waals surface area (Å²) < 4.78 is 25.3. The van der Waals surface area contributed by atoms with E-state index in [1.807, 2.05) is 19.4 Å². The normalized spacial score (nSPS) is 6.62. The van der Waals surface area contributed by atoms with Gasteiger partial charge in [-0.1, -0.05) is 0 Å². The maximum atomic E-state index is 8.44. The van der Waals surface area contributed by atoms with Crippen LogP contribution in [0.1, 0.15) is 0 Å². The van der Waals surface area contributed by atoms with Crippen LogP contribution in [0.5, 0.6) is 0 Å². The summed E-state index contributed by atoms with van der Waals surface area (Å²) in [6.45, 7) is 0. The minimum atomic E-state index is -3.11. The van der Waals surface area contributed by atoms with Crippen molar-refractivity contribution in [1.29, 1.82) is 0 Å². The fourth-order valence-electron chi connectivity index (χ4n) is 0.